The van der Waals surface area contributed by atoms with Gasteiger partial charge in [-0.2, -0.15) is 0 Å². The fourth-order valence-corrected chi connectivity index (χ4v) is 13.8. The standard InChI is InChI=1S/C20H22BrNO5.C17H16BrNO4.C17H19NO3.C3H8O2/c1-11-10-25-20(27-11)5-4-19-6-7-22(2)18(23)15-12(21)8-13(24-3)17(16(15)19)26-14(19)9-20;1-19-6-5-17-4-3-9(20)7-12(17)23-15-11(22-2)8-10(18)13(14(15)17)16(19)21;1-18-8-7-17-6-5-12(19)9-14(17)21-16-13(20-2)4-3-11(10-18)15(16)17;1-3(5)2-4/h4-5,8,11,14H,6-7,9-10H2,1-3H3;3-4,8,12H,5-7H2,1-2H3;3-6,14H,7-10H2,1-2H3;3-5H,2H2,1H3. The van der Waals surface area contributed by atoms with Crippen molar-refractivity contribution in [2.45, 2.75) is 111 Å². The number of methoxy groups -OCH3 is 3. The molecule has 10 aliphatic rings. The Labute approximate surface area is 459 Å². The summed E-state index contributed by atoms with van der Waals surface area (Å²) in [6, 6.07) is 7.70. The van der Waals surface area contributed by atoms with Crippen LogP contribution < -0.4 is 28.4 Å². The number of hydrogen-bond acceptors (Lipinski definition) is 15. The first kappa shape index (κ1) is 54.1. The minimum Gasteiger partial charge on any atom is -0.493 e. The molecule has 9 atom stereocenters. The molecule has 17 nitrogen and oxygen atoms in total. The van der Waals surface area contributed by atoms with Gasteiger partial charge in [0.2, 0.25) is 0 Å². The van der Waals surface area contributed by atoms with Crippen molar-refractivity contribution in [2.75, 3.05) is 75.3 Å². The van der Waals surface area contributed by atoms with E-state index in [0.717, 1.165) is 59.5 Å². The van der Waals surface area contributed by atoms with E-state index >= 15 is 0 Å². The van der Waals surface area contributed by atoms with Crippen LogP contribution in [-0.2, 0) is 41.9 Å². The Hall–Kier alpha value is -5.28. The molecule has 0 saturated carbocycles. The largest absolute Gasteiger partial charge is 0.493 e. The smallest absolute Gasteiger partial charge is 0.255 e. The van der Waals surface area contributed by atoms with Gasteiger partial charge in [-0.15, -0.1) is 0 Å². The molecule has 19 heteroatoms. The number of ketones is 2. The van der Waals surface area contributed by atoms with Crippen LogP contribution in [0.15, 0.2) is 69.7 Å². The molecule has 406 valence electrons. The van der Waals surface area contributed by atoms with Crippen LogP contribution in [0.5, 0.6) is 34.5 Å². The van der Waals surface area contributed by atoms with Gasteiger partial charge in [0.15, 0.2) is 51.9 Å². The highest BCUT2D eigenvalue weighted by molar-refractivity contribution is 9.10. The van der Waals surface area contributed by atoms with Crippen LogP contribution >= 0.6 is 31.9 Å². The first-order chi connectivity index (χ1) is 36.3. The van der Waals surface area contributed by atoms with Gasteiger partial charge in [0.1, 0.15) is 18.3 Å². The highest BCUT2D eigenvalue weighted by atomic mass is 79.9. The molecule has 2 amide bonds. The van der Waals surface area contributed by atoms with Gasteiger partial charge in [0.25, 0.3) is 11.8 Å². The van der Waals surface area contributed by atoms with E-state index in [1.807, 2.05) is 38.3 Å². The van der Waals surface area contributed by atoms with Crippen LogP contribution in [0.25, 0.3) is 0 Å². The average molecular weight is 1180 g/mol. The van der Waals surface area contributed by atoms with Gasteiger partial charge in [-0.1, -0.05) is 24.3 Å². The van der Waals surface area contributed by atoms with Crippen molar-refractivity contribution in [1.29, 1.82) is 0 Å². The summed E-state index contributed by atoms with van der Waals surface area (Å²) in [5, 5.41) is 16.0. The summed E-state index contributed by atoms with van der Waals surface area (Å²) in [6.45, 7) is 7.13. The summed E-state index contributed by atoms with van der Waals surface area (Å²) < 4.78 is 48.8. The van der Waals surface area contributed by atoms with E-state index in [-0.39, 0.29) is 59.8 Å². The second-order valence-electron chi connectivity index (χ2n) is 21.4. The number of ether oxygens (including phenoxy) is 8. The summed E-state index contributed by atoms with van der Waals surface area (Å²) in [5.74, 6) is 3.51. The minimum atomic E-state index is -0.746. The zero-order chi connectivity index (χ0) is 54.2. The SMILES string of the molecule is CC(O)CO.COc1cc(Br)c2c3c1OC1CC(=O)C=CC31CCN(C)C2=O.COc1cc(Br)c2c3c1OC1CC4(C=CC31CCN(C)C2=O)OCC(C)O4.COc1ccc2c3c1OC1CC(=O)C=CC31CCN(C)C2. The number of hydrogen-bond donors (Lipinski definition) is 2. The van der Waals surface area contributed by atoms with Crippen molar-refractivity contribution in [1.82, 2.24) is 14.7 Å². The van der Waals surface area contributed by atoms with Gasteiger partial charge < -0.3 is 62.8 Å². The molecule has 2 N–H and O–H groups in total. The van der Waals surface area contributed by atoms with E-state index in [9.17, 15) is 19.2 Å². The number of carbonyl (C=O) groups is 4. The number of nitrogens with zero attached hydrogens (tertiary/aromatic N) is 3. The summed E-state index contributed by atoms with van der Waals surface area (Å²) in [5.41, 5.74) is 4.56. The van der Waals surface area contributed by atoms with Crippen LogP contribution in [-0.4, -0.2) is 160 Å². The maximum absolute atomic E-state index is 13.1. The number of amides is 2. The molecule has 76 heavy (non-hydrogen) atoms. The maximum Gasteiger partial charge on any atom is 0.255 e. The molecule has 13 rings (SSSR count). The number of aliphatic hydroxyl groups is 2. The maximum atomic E-state index is 13.1. The van der Waals surface area contributed by atoms with E-state index in [4.69, 9.17) is 48.1 Å². The van der Waals surface area contributed by atoms with Crippen molar-refractivity contribution in [3.05, 3.63) is 103 Å². The lowest BCUT2D eigenvalue weighted by atomic mass is 9.68. The van der Waals surface area contributed by atoms with Gasteiger partial charge in [-0.3, -0.25) is 19.2 Å². The monoisotopic (exact) mass is 1170 g/mol. The first-order valence-corrected chi connectivity index (χ1v) is 27.3. The van der Waals surface area contributed by atoms with Gasteiger partial charge in [0.05, 0.1) is 74.1 Å². The number of allylic oxidation sites excluding steroid dienone is 2. The molecule has 7 heterocycles. The van der Waals surface area contributed by atoms with Crippen molar-refractivity contribution < 1.29 is 67.3 Å². The Kier molecular flexibility index (Phi) is 14.6. The van der Waals surface area contributed by atoms with Crippen LogP contribution in [0.1, 0.15) is 95.3 Å². The van der Waals surface area contributed by atoms with Crippen LogP contribution in [0, 0.1) is 0 Å². The van der Waals surface area contributed by atoms with E-state index in [0.29, 0.717) is 77.6 Å². The first-order valence-electron chi connectivity index (χ1n) is 25.7. The average Bonchev–Trinajstić information content (AvgIpc) is 4.29. The fraction of sp³-hybridized carbons (Fsp3) is 0.509. The molecule has 7 aliphatic heterocycles. The fourth-order valence-electron chi connectivity index (χ4n) is 12.6. The third-order valence-corrected chi connectivity index (χ3v) is 17.8. The summed E-state index contributed by atoms with van der Waals surface area (Å²) in [4.78, 5) is 55.4. The zero-order valence-electron chi connectivity index (χ0n) is 44.0. The Morgan fingerprint density at radius 1 is 0.684 bits per heavy atom. The van der Waals surface area contributed by atoms with Crippen molar-refractivity contribution in [3.63, 3.8) is 0 Å². The normalized spacial score (nSPS) is 30.8. The van der Waals surface area contributed by atoms with E-state index in [2.05, 4.69) is 62.0 Å². The third-order valence-electron chi connectivity index (χ3n) is 16.6. The number of halogens is 2. The molecule has 3 aromatic carbocycles. The molecule has 0 radical (unpaired) electrons. The predicted octanol–water partition coefficient (Wildman–Crippen LogP) is 6.90. The lowest BCUT2D eigenvalue weighted by Gasteiger charge is -2.40. The zero-order valence-corrected chi connectivity index (χ0v) is 47.2. The van der Waals surface area contributed by atoms with Crippen molar-refractivity contribution >= 4 is 55.2 Å². The van der Waals surface area contributed by atoms with Gasteiger partial charge >= 0.3 is 0 Å². The van der Waals surface area contributed by atoms with E-state index in [1.165, 1.54) is 18.1 Å². The van der Waals surface area contributed by atoms with Crippen molar-refractivity contribution in [3.8, 4) is 34.5 Å². The van der Waals surface area contributed by atoms with Gasteiger partial charge in [-0.05, 0) is 121 Å². The Morgan fingerprint density at radius 2 is 1.16 bits per heavy atom. The van der Waals surface area contributed by atoms with Crippen LogP contribution in [0.2, 0.25) is 0 Å². The molecular formula is C57H65Br2N3O14. The Morgan fingerprint density at radius 3 is 1.64 bits per heavy atom. The number of benzene rings is 3. The highest BCUT2D eigenvalue weighted by Gasteiger charge is 2.60. The van der Waals surface area contributed by atoms with E-state index < -0.39 is 22.7 Å². The lowest BCUT2D eigenvalue weighted by Crippen LogP contribution is -2.48. The van der Waals surface area contributed by atoms with E-state index in [1.54, 1.807) is 56.4 Å². The molecule has 9 unspecified atom stereocenters. The number of rotatable bonds is 4. The summed E-state index contributed by atoms with van der Waals surface area (Å²) >= 11 is 7.11. The minimum absolute atomic E-state index is 0.00224. The molecule has 0 bridgehead atoms. The number of carbonyl (C=O) groups excluding carboxylic acids is 4. The van der Waals surface area contributed by atoms with Crippen LogP contribution in [0.4, 0.5) is 0 Å². The van der Waals surface area contributed by atoms with Crippen LogP contribution in [0.3, 0.4) is 0 Å². The molecule has 1 saturated heterocycles. The second kappa shape index (κ2) is 20.5. The quantitative estimate of drug-likeness (QED) is 0.256. The van der Waals surface area contributed by atoms with Gasteiger partial charge in [-0.25, -0.2) is 0 Å². The predicted molar refractivity (Wildman–Crippen MR) is 286 cm³/mol. The molecule has 3 aromatic rings. The molecule has 0 aromatic heterocycles. The summed E-state index contributed by atoms with van der Waals surface area (Å²) in [6.07, 6.45) is 14.3. The Bertz CT molecular complexity index is 2980. The molecule has 1 fully saturated rings. The lowest BCUT2D eigenvalue weighted by molar-refractivity contribution is -0.154. The highest BCUT2D eigenvalue weighted by Crippen LogP contribution is 2.60. The van der Waals surface area contributed by atoms with Crippen molar-refractivity contribution in [2.24, 2.45) is 0 Å². The summed E-state index contributed by atoms with van der Waals surface area (Å²) in [7, 11) is 10.7. The third kappa shape index (κ3) is 8.85. The second-order valence-corrected chi connectivity index (χ2v) is 23.1. The molecular weight excluding hydrogens is 1110 g/mol. The number of aliphatic hydroxyl groups excluding tert-OH is 2. The van der Waals surface area contributed by atoms with Gasteiger partial charge in [0, 0.05) is 78.6 Å². The topological polar surface area (TPSA) is 192 Å². The Balaban J connectivity index is 0.000000125. The molecule has 3 aliphatic carbocycles. The molecule has 4 spiro atoms.